The van der Waals surface area contributed by atoms with E-state index in [1.807, 2.05) is 18.2 Å². The van der Waals surface area contributed by atoms with Crippen LogP contribution in [0.4, 0.5) is 4.39 Å². The molecule has 0 bridgehead atoms. The molecule has 0 aromatic heterocycles. The molecule has 0 nitrogen and oxygen atoms in total. The van der Waals surface area contributed by atoms with Crippen molar-refractivity contribution in [2.75, 3.05) is 0 Å². The van der Waals surface area contributed by atoms with Gasteiger partial charge < -0.3 is 0 Å². The predicted molar refractivity (Wildman–Crippen MR) is 65.9 cm³/mol. The van der Waals surface area contributed by atoms with Crippen molar-refractivity contribution in [3.8, 4) is 11.1 Å². The molecule has 82 valence electrons. The highest BCUT2D eigenvalue weighted by Gasteiger charge is 2.04. The SMILES string of the molecule is CC(C)c1ccc(-c2ccccc2F)cc1. The van der Waals surface area contributed by atoms with Gasteiger partial charge in [-0.25, -0.2) is 4.39 Å². The van der Waals surface area contributed by atoms with Crippen LogP contribution in [0.1, 0.15) is 25.3 Å². The lowest BCUT2D eigenvalue weighted by Gasteiger charge is -2.07. The van der Waals surface area contributed by atoms with E-state index >= 15 is 0 Å². The van der Waals surface area contributed by atoms with Gasteiger partial charge in [-0.1, -0.05) is 56.3 Å². The molecule has 0 saturated carbocycles. The monoisotopic (exact) mass is 214 g/mol. The molecule has 0 aliphatic rings. The predicted octanol–water partition coefficient (Wildman–Crippen LogP) is 4.62. The van der Waals surface area contributed by atoms with Gasteiger partial charge in [-0.3, -0.25) is 0 Å². The van der Waals surface area contributed by atoms with E-state index in [1.54, 1.807) is 12.1 Å². The molecule has 0 atom stereocenters. The van der Waals surface area contributed by atoms with Gasteiger partial charge in [0.1, 0.15) is 5.82 Å². The first kappa shape index (κ1) is 10.9. The van der Waals surface area contributed by atoms with E-state index in [9.17, 15) is 4.39 Å². The van der Waals surface area contributed by atoms with Gasteiger partial charge in [0.05, 0.1) is 0 Å². The van der Waals surface area contributed by atoms with Crippen molar-refractivity contribution in [1.82, 2.24) is 0 Å². The Morgan fingerprint density at radius 2 is 1.50 bits per heavy atom. The molecule has 0 radical (unpaired) electrons. The summed E-state index contributed by atoms with van der Waals surface area (Å²) in [7, 11) is 0. The van der Waals surface area contributed by atoms with Gasteiger partial charge in [-0.15, -0.1) is 0 Å². The first-order chi connectivity index (χ1) is 7.68. The molecule has 2 aromatic carbocycles. The second kappa shape index (κ2) is 4.48. The molecule has 0 aliphatic heterocycles. The molecule has 16 heavy (non-hydrogen) atoms. The minimum absolute atomic E-state index is 0.167. The van der Waals surface area contributed by atoms with Crippen molar-refractivity contribution in [2.24, 2.45) is 0 Å². The lowest BCUT2D eigenvalue weighted by Crippen LogP contribution is -1.88. The average molecular weight is 214 g/mol. The van der Waals surface area contributed by atoms with Crippen LogP contribution in [-0.2, 0) is 0 Å². The Balaban J connectivity index is 2.39. The quantitative estimate of drug-likeness (QED) is 0.684. The van der Waals surface area contributed by atoms with E-state index in [-0.39, 0.29) is 5.82 Å². The molecule has 0 unspecified atom stereocenters. The molecule has 0 fully saturated rings. The highest BCUT2D eigenvalue weighted by Crippen LogP contribution is 2.24. The highest BCUT2D eigenvalue weighted by atomic mass is 19.1. The summed E-state index contributed by atoms with van der Waals surface area (Å²) >= 11 is 0. The molecule has 0 spiro atoms. The molecule has 2 aromatic rings. The fraction of sp³-hybridized carbons (Fsp3) is 0.200. The summed E-state index contributed by atoms with van der Waals surface area (Å²) < 4.78 is 13.5. The van der Waals surface area contributed by atoms with Gasteiger partial charge >= 0.3 is 0 Å². The van der Waals surface area contributed by atoms with E-state index < -0.39 is 0 Å². The Bertz CT molecular complexity index is 469. The van der Waals surface area contributed by atoms with Crippen LogP contribution >= 0.6 is 0 Å². The summed E-state index contributed by atoms with van der Waals surface area (Å²) in [5, 5.41) is 0. The maximum atomic E-state index is 13.5. The summed E-state index contributed by atoms with van der Waals surface area (Å²) in [5.74, 6) is 0.342. The van der Waals surface area contributed by atoms with Gasteiger partial charge in [0.2, 0.25) is 0 Å². The van der Waals surface area contributed by atoms with E-state index in [1.165, 1.54) is 11.6 Å². The van der Waals surface area contributed by atoms with Crippen molar-refractivity contribution in [3.63, 3.8) is 0 Å². The Labute approximate surface area is 95.7 Å². The normalized spacial score (nSPS) is 10.8. The minimum atomic E-state index is -0.167. The molecule has 0 saturated heterocycles. The lowest BCUT2D eigenvalue weighted by molar-refractivity contribution is 0.631. The van der Waals surface area contributed by atoms with Crippen LogP contribution in [0.2, 0.25) is 0 Å². The molecular formula is C15H15F. The lowest BCUT2D eigenvalue weighted by atomic mass is 9.99. The topological polar surface area (TPSA) is 0 Å². The zero-order chi connectivity index (χ0) is 11.5. The van der Waals surface area contributed by atoms with Gasteiger partial charge in [-0.2, -0.15) is 0 Å². The van der Waals surface area contributed by atoms with Crippen LogP contribution in [0.3, 0.4) is 0 Å². The van der Waals surface area contributed by atoms with Crippen LogP contribution in [0, 0.1) is 5.82 Å². The molecule has 1 heteroatoms. The molecule has 0 heterocycles. The van der Waals surface area contributed by atoms with Crippen molar-refractivity contribution in [2.45, 2.75) is 19.8 Å². The van der Waals surface area contributed by atoms with Crippen LogP contribution in [0.5, 0.6) is 0 Å². The fourth-order valence-corrected chi connectivity index (χ4v) is 1.74. The number of hydrogen-bond acceptors (Lipinski definition) is 0. The maximum Gasteiger partial charge on any atom is 0.131 e. The third-order valence-electron chi connectivity index (χ3n) is 2.76. The van der Waals surface area contributed by atoms with Gasteiger partial charge in [0.25, 0.3) is 0 Å². The third-order valence-corrected chi connectivity index (χ3v) is 2.76. The average Bonchev–Trinajstić information content (AvgIpc) is 2.30. The summed E-state index contributed by atoms with van der Waals surface area (Å²) in [6.45, 7) is 4.30. The van der Waals surface area contributed by atoms with Crippen molar-refractivity contribution >= 4 is 0 Å². The maximum absolute atomic E-state index is 13.5. The minimum Gasteiger partial charge on any atom is -0.206 e. The fourth-order valence-electron chi connectivity index (χ4n) is 1.74. The Kier molecular flexibility index (Phi) is 3.04. The highest BCUT2D eigenvalue weighted by molar-refractivity contribution is 5.64. The van der Waals surface area contributed by atoms with E-state index in [0.717, 1.165) is 5.56 Å². The van der Waals surface area contributed by atoms with Crippen LogP contribution in [0.15, 0.2) is 48.5 Å². The van der Waals surface area contributed by atoms with E-state index in [0.29, 0.717) is 11.5 Å². The van der Waals surface area contributed by atoms with Gasteiger partial charge in [0, 0.05) is 5.56 Å². The third kappa shape index (κ3) is 2.13. The summed E-state index contributed by atoms with van der Waals surface area (Å²) in [5.41, 5.74) is 2.88. The smallest absolute Gasteiger partial charge is 0.131 e. The summed E-state index contributed by atoms with van der Waals surface area (Å²) in [6, 6.07) is 14.9. The molecule has 2 rings (SSSR count). The summed E-state index contributed by atoms with van der Waals surface area (Å²) in [6.07, 6.45) is 0. The number of hydrogen-bond donors (Lipinski definition) is 0. The standard InChI is InChI=1S/C15H15F/c1-11(2)12-7-9-13(10-8-12)14-5-3-4-6-15(14)16/h3-11H,1-2H3. The van der Waals surface area contributed by atoms with Crippen LogP contribution in [-0.4, -0.2) is 0 Å². The Hall–Kier alpha value is -1.63. The zero-order valence-corrected chi connectivity index (χ0v) is 9.57. The Morgan fingerprint density at radius 3 is 2.06 bits per heavy atom. The molecule has 0 N–H and O–H groups in total. The first-order valence-electron chi connectivity index (χ1n) is 5.53. The first-order valence-corrected chi connectivity index (χ1v) is 5.53. The van der Waals surface area contributed by atoms with Crippen LogP contribution in [0.25, 0.3) is 11.1 Å². The van der Waals surface area contributed by atoms with Crippen molar-refractivity contribution in [1.29, 1.82) is 0 Å². The second-order valence-corrected chi connectivity index (χ2v) is 4.26. The number of benzene rings is 2. The Morgan fingerprint density at radius 1 is 0.875 bits per heavy atom. The summed E-state index contributed by atoms with van der Waals surface area (Å²) in [4.78, 5) is 0. The molecular weight excluding hydrogens is 199 g/mol. The van der Waals surface area contributed by atoms with Crippen LogP contribution < -0.4 is 0 Å². The number of halogens is 1. The van der Waals surface area contributed by atoms with Gasteiger partial charge in [0.15, 0.2) is 0 Å². The van der Waals surface area contributed by atoms with E-state index in [2.05, 4.69) is 26.0 Å². The zero-order valence-electron chi connectivity index (χ0n) is 9.57. The number of rotatable bonds is 2. The second-order valence-electron chi connectivity index (χ2n) is 4.26. The van der Waals surface area contributed by atoms with Crippen molar-refractivity contribution in [3.05, 3.63) is 59.9 Å². The van der Waals surface area contributed by atoms with Crippen molar-refractivity contribution < 1.29 is 4.39 Å². The molecule has 0 aliphatic carbocycles. The molecule has 0 amide bonds. The van der Waals surface area contributed by atoms with E-state index in [4.69, 9.17) is 0 Å². The largest absolute Gasteiger partial charge is 0.206 e. The van der Waals surface area contributed by atoms with Gasteiger partial charge in [-0.05, 0) is 23.1 Å².